The zero-order valence-electron chi connectivity index (χ0n) is 20.7. The number of benzene rings is 2. The number of fused-ring (bicyclic) bond motifs is 4. The summed E-state index contributed by atoms with van der Waals surface area (Å²) in [5.74, 6) is 0.613. The van der Waals surface area contributed by atoms with E-state index >= 15 is 0 Å². The number of ether oxygens (including phenoxy) is 1. The molecule has 6 rings (SSSR count). The van der Waals surface area contributed by atoms with Crippen molar-refractivity contribution in [2.75, 3.05) is 26.3 Å². The highest BCUT2D eigenvalue weighted by molar-refractivity contribution is 7.79. The summed E-state index contributed by atoms with van der Waals surface area (Å²) >= 11 is 0. The van der Waals surface area contributed by atoms with Gasteiger partial charge in [0.25, 0.3) is 0 Å². The molecular formula is C27H29N3O6S. The standard InChI is InChI=1S/C27H27N3O2.H2O4S/c1-27(2)22-12-18(17-7-9-30(10-8-17)19-14-32-15-19)4-6-20(22)25(31)24-21-5-3-16(13-28)11-23(21)29-26(24)27;1-5(2,3)4/h3-6,11-12,17,19,29H,7-10,14-15H2,1-2H3;(H2,1,2,3,4). The number of nitriles is 1. The van der Waals surface area contributed by atoms with E-state index in [0.29, 0.717) is 17.5 Å². The van der Waals surface area contributed by atoms with Crippen molar-refractivity contribution in [2.24, 2.45) is 0 Å². The second-order valence-corrected chi connectivity index (χ2v) is 11.4. The van der Waals surface area contributed by atoms with E-state index in [0.717, 1.165) is 72.4 Å². The predicted molar refractivity (Wildman–Crippen MR) is 137 cm³/mol. The van der Waals surface area contributed by atoms with Crippen molar-refractivity contribution in [3.63, 3.8) is 0 Å². The molecule has 10 heteroatoms. The van der Waals surface area contributed by atoms with E-state index in [-0.39, 0.29) is 11.2 Å². The molecule has 0 radical (unpaired) electrons. The minimum Gasteiger partial charge on any atom is -0.378 e. The van der Waals surface area contributed by atoms with E-state index in [1.54, 1.807) is 6.07 Å². The molecule has 0 unspecified atom stereocenters. The van der Waals surface area contributed by atoms with E-state index in [1.807, 2.05) is 18.2 Å². The highest BCUT2D eigenvalue weighted by Crippen LogP contribution is 2.45. The van der Waals surface area contributed by atoms with Crippen molar-refractivity contribution in [1.29, 1.82) is 5.26 Å². The molecule has 0 bridgehead atoms. The molecule has 2 saturated heterocycles. The van der Waals surface area contributed by atoms with Crippen molar-refractivity contribution in [3.8, 4) is 6.07 Å². The SMILES string of the molecule is CC1(C)c2cc(C3CCN(C4COC4)CC3)ccc2C(=O)c2c1[nH]c1cc(C#N)ccc21.O=S(=O)(O)O. The monoisotopic (exact) mass is 523 g/mol. The van der Waals surface area contributed by atoms with Gasteiger partial charge in [-0.1, -0.05) is 38.1 Å². The van der Waals surface area contributed by atoms with Gasteiger partial charge in [-0.15, -0.1) is 0 Å². The molecule has 0 saturated carbocycles. The van der Waals surface area contributed by atoms with Crippen LogP contribution in [0.5, 0.6) is 0 Å². The van der Waals surface area contributed by atoms with Crippen LogP contribution in [-0.4, -0.2) is 65.5 Å². The van der Waals surface area contributed by atoms with Gasteiger partial charge in [0.15, 0.2) is 5.78 Å². The lowest BCUT2D eigenvalue weighted by Gasteiger charge is -2.41. The number of likely N-dealkylation sites (tertiary alicyclic amines) is 1. The molecule has 37 heavy (non-hydrogen) atoms. The molecule has 0 spiro atoms. The Morgan fingerprint density at radius 3 is 2.38 bits per heavy atom. The third-order valence-corrected chi connectivity index (χ3v) is 7.88. The topological polar surface area (TPSA) is 144 Å². The third-order valence-electron chi connectivity index (χ3n) is 7.88. The Hall–Kier alpha value is -3.07. The van der Waals surface area contributed by atoms with Gasteiger partial charge in [0.2, 0.25) is 0 Å². The van der Waals surface area contributed by atoms with Crippen molar-refractivity contribution < 1.29 is 27.1 Å². The van der Waals surface area contributed by atoms with Crippen LogP contribution in [0, 0.1) is 11.3 Å². The van der Waals surface area contributed by atoms with Crippen LogP contribution < -0.4 is 0 Å². The number of aromatic amines is 1. The molecule has 3 heterocycles. The minimum absolute atomic E-state index is 0.0802. The second kappa shape index (κ2) is 9.35. The van der Waals surface area contributed by atoms with E-state index in [2.05, 4.69) is 41.9 Å². The van der Waals surface area contributed by atoms with Crippen LogP contribution in [0.1, 0.15) is 70.9 Å². The van der Waals surface area contributed by atoms with Crippen LogP contribution in [0.3, 0.4) is 0 Å². The fourth-order valence-corrected chi connectivity index (χ4v) is 5.80. The molecule has 3 aliphatic rings. The van der Waals surface area contributed by atoms with E-state index in [4.69, 9.17) is 22.3 Å². The van der Waals surface area contributed by atoms with Gasteiger partial charge in [0, 0.05) is 27.6 Å². The Balaban J connectivity index is 0.000000514. The zero-order valence-corrected chi connectivity index (χ0v) is 21.5. The molecule has 1 aliphatic carbocycles. The number of rotatable bonds is 2. The number of hydrogen-bond donors (Lipinski definition) is 3. The maximum absolute atomic E-state index is 13.6. The summed E-state index contributed by atoms with van der Waals surface area (Å²) in [5, 5.41) is 10.2. The molecule has 3 N–H and O–H groups in total. The Labute approximate surface area is 215 Å². The van der Waals surface area contributed by atoms with Crippen molar-refractivity contribution in [1.82, 2.24) is 9.88 Å². The maximum atomic E-state index is 13.6. The van der Waals surface area contributed by atoms with Gasteiger partial charge in [0.1, 0.15) is 0 Å². The summed E-state index contributed by atoms with van der Waals surface area (Å²) in [6.45, 7) is 8.38. The summed E-state index contributed by atoms with van der Waals surface area (Å²) in [6, 6.07) is 14.8. The molecule has 0 amide bonds. The van der Waals surface area contributed by atoms with Crippen molar-refractivity contribution in [2.45, 2.75) is 44.1 Å². The van der Waals surface area contributed by atoms with Crippen LogP contribution in [-0.2, 0) is 20.6 Å². The molecular weight excluding hydrogens is 494 g/mol. The lowest BCUT2D eigenvalue weighted by atomic mass is 9.70. The first-order valence-corrected chi connectivity index (χ1v) is 13.6. The molecule has 2 aromatic carbocycles. The summed E-state index contributed by atoms with van der Waals surface area (Å²) in [6.07, 6.45) is 2.30. The van der Waals surface area contributed by atoms with Crippen LogP contribution in [0.4, 0.5) is 0 Å². The van der Waals surface area contributed by atoms with Crippen LogP contribution in [0.2, 0.25) is 0 Å². The van der Waals surface area contributed by atoms with E-state index in [1.165, 1.54) is 5.56 Å². The smallest absolute Gasteiger partial charge is 0.378 e. The first-order chi connectivity index (χ1) is 17.5. The van der Waals surface area contributed by atoms with Gasteiger partial charge < -0.3 is 9.72 Å². The second-order valence-electron chi connectivity index (χ2n) is 10.5. The molecule has 2 fully saturated rings. The van der Waals surface area contributed by atoms with E-state index in [9.17, 15) is 10.1 Å². The number of hydrogen-bond acceptors (Lipinski definition) is 6. The Morgan fingerprint density at radius 2 is 1.78 bits per heavy atom. The Bertz CT molecular complexity index is 1520. The minimum atomic E-state index is -4.67. The van der Waals surface area contributed by atoms with Gasteiger partial charge in [-0.3, -0.25) is 18.8 Å². The first-order valence-electron chi connectivity index (χ1n) is 12.2. The number of H-pyrrole nitrogens is 1. The number of nitrogens with one attached hydrogen (secondary N) is 1. The van der Waals surface area contributed by atoms with Crippen LogP contribution in [0.15, 0.2) is 36.4 Å². The average Bonchev–Trinajstić information content (AvgIpc) is 3.21. The van der Waals surface area contributed by atoms with Gasteiger partial charge >= 0.3 is 10.4 Å². The lowest BCUT2D eigenvalue weighted by molar-refractivity contribution is -0.0712. The summed E-state index contributed by atoms with van der Waals surface area (Å²) in [7, 11) is -4.67. The van der Waals surface area contributed by atoms with Gasteiger partial charge in [-0.25, -0.2) is 0 Å². The molecule has 1 aromatic heterocycles. The highest BCUT2D eigenvalue weighted by atomic mass is 32.3. The summed E-state index contributed by atoms with van der Waals surface area (Å²) in [5.41, 5.74) is 6.11. The van der Waals surface area contributed by atoms with Crippen LogP contribution in [0.25, 0.3) is 10.9 Å². The molecule has 9 nitrogen and oxygen atoms in total. The van der Waals surface area contributed by atoms with Gasteiger partial charge in [-0.2, -0.15) is 13.7 Å². The fraction of sp³-hybridized carbons (Fsp3) is 0.407. The number of carbonyl (C=O) groups excluding carboxylic acids is 1. The lowest BCUT2D eigenvalue weighted by Crippen LogP contribution is -2.51. The third kappa shape index (κ3) is 4.81. The summed E-state index contributed by atoms with van der Waals surface area (Å²) in [4.78, 5) is 19.6. The molecule has 0 atom stereocenters. The normalized spacial score (nSPS) is 19.8. The largest absolute Gasteiger partial charge is 0.394 e. The van der Waals surface area contributed by atoms with Crippen molar-refractivity contribution >= 4 is 27.1 Å². The Kier molecular flexibility index (Phi) is 6.46. The molecule has 3 aromatic rings. The number of piperidine rings is 1. The highest BCUT2D eigenvalue weighted by Gasteiger charge is 2.40. The number of carbonyl (C=O) groups is 1. The zero-order chi connectivity index (χ0) is 26.5. The summed E-state index contributed by atoms with van der Waals surface area (Å²) < 4.78 is 36.9. The van der Waals surface area contributed by atoms with E-state index < -0.39 is 10.4 Å². The predicted octanol–water partition coefficient (Wildman–Crippen LogP) is 3.84. The number of aromatic nitrogens is 1. The first kappa shape index (κ1) is 25.6. The van der Waals surface area contributed by atoms with Gasteiger partial charge in [0.05, 0.1) is 36.5 Å². The van der Waals surface area contributed by atoms with Crippen molar-refractivity contribution in [3.05, 3.63) is 69.9 Å². The number of nitrogens with zero attached hydrogens (tertiary/aromatic N) is 2. The quantitative estimate of drug-likeness (QED) is 0.430. The fourth-order valence-electron chi connectivity index (χ4n) is 5.80. The molecule has 2 aliphatic heterocycles. The maximum Gasteiger partial charge on any atom is 0.394 e. The Morgan fingerprint density at radius 1 is 1.11 bits per heavy atom. The van der Waals surface area contributed by atoms with Gasteiger partial charge in [-0.05, 0) is 55.1 Å². The molecule has 194 valence electrons. The number of ketones is 1. The van der Waals surface area contributed by atoms with Crippen LogP contribution >= 0.6 is 0 Å². The average molecular weight is 524 g/mol.